The van der Waals surface area contributed by atoms with Crippen molar-refractivity contribution >= 4 is 27.3 Å². The van der Waals surface area contributed by atoms with Gasteiger partial charge in [-0.3, -0.25) is 19.2 Å². The SMILES string of the molecule is CCC(C(=O)NCCCc1ccccc1)N(c1cccc([N+](=O)[O-])c1)S(C)(=O)=O. The number of nitro groups is 1. The third-order valence-corrected chi connectivity index (χ3v) is 5.59. The maximum atomic E-state index is 12.7. The van der Waals surface area contributed by atoms with Gasteiger partial charge in [-0.25, -0.2) is 8.42 Å². The van der Waals surface area contributed by atoms with E-state index in [1.165, 1.54) is 18.2 Å². The van der Waals surface area contributed by atoms with Crippen LogP contribution in [-0.2, 0) is 21.2 Å². The van der Waals surface area contributed by atoms with E-state index >= 15 is 0 Å². The van der Waals surface area contributed by atoms with Gasteiger partial charge in [0, 0.05) is 18.7 Å². The first-order chi connectivity index (χ1) is 13.7. The number of nitrogens with one attached hydrogen (secondary N) is 1. The fourth-order valence-corrected chi connectivity index (χ4v) is 4.27. The number of sulfonamides is 1. The van der Waals surface area contributed by atoms with Crippen LogP contribution in [0.15, 0.2) is 54.6 Å². The Hall–Kier alpha value is -2.94. The highest BCUT2D eigenvalue weighted by molar-refractivity contribution is 7.92. The summed E-state index contributed by atoms with van der Waals surface area (Å²) in [6, 6.07) is 14.1. The van der Waals surface area contributed by atoms with Gasteiger partial charge in [0.05, 0.1) is 16.9 Å². The van der Waals surface area contributed by atoms with Crippen LogP contribution in [0.2, 0.25) is 0 Å². The van der Waals surface area contributed by atoms with E-state index in [-0.39, 0.29) is 17.8 Å². The molecular formula is C20H25N3O5S. The van der Waals surface area contributed by atoms with E-state index in [4.69, 9.17) is 0 Å². The van der Waals surface area contributed by atoms with E-state index in [0.717, 1.165) is 28.6 Å². The number of nitrogens with zero attached hydrogens (tertiary/aromatic N) is 2. The molecule has 0 saturated heterocycles. The van der Waals surface area contributed by atoms with Gasteiger partial charge in [-0.1, -0.05) is 43.3 Å². The van der Waals surface area contributed by atoms with Crippen LogP contribution < -0.4 is 9.62 Å². The molecule has 9 heteroatoms. The molecule has 0 aliphatic carbocycles. The van der Waals surface area contributed by atoms with Crippen LogP contribution in [-0.4, -0.2) is 38.1 Å². The average molecular weight is 420 g/mol. The molecule has 1 N–H and O–H groups in total. The standard InChI is InChI=1S/C20H25N3O5S/c1-3-19(20(24)21-14-8-11-16-9-5-4-6-10-16)22(29(2,27)28)17-12-7-13-18(15-17)23(25)26/h4-7,9-10,12-13,15,19H,3,8,11,14H2,1-2H3,(H,21,24). The van der Waals surface area contributed by atoms with Crippen molar-refractivity contribution in [1.82, 2.24) is 5.32 Å². The molecule has 2 aromatic rings. The maximum absolute atomic E-state index is 12.7. The lowest BCUT2D eigenvalue weighted by molar-refractivity contribution is -0.384. The normalized spacial score (nSPS) is 12.2. The molecule has 29 heavy (non-hydrogen) atoms. The first-order valence-electron chi connectivity index (χ1n) is 9.29. The van der Waals surface area contributed by atoms with Gasteiger partial charge in [0.15, 0.2) is 0 Å². The Kier molecular flexibility index (Phi) is 7.72. The van der Waals surface area contributed by atoms with Crippen molar-refractivity contribution in [2.24, 2.45) is 0 Å². The zero-order valence-electron chi connectivity index (χ0n) is 16.4. The molecule has 0 heterocycles. The van der Waals surface area contributed by atoms with E-state index in [2.05, 4.69) is 5.32 Å². The maximum Gasteiger partial charge on any atom is 0.271 e. The fraction of sp³-hybridized carbons (Fsp3) is 0.350. The highest BCUT2D eigenvalue weighted by Crippen LogP contribution is 2.26. The first kappa shape index (κ1) is 22.4. The van der Waals surface area contributed by atoms with Gasteiger partial charge in [0.1, 0.15) is 6.04 Å². The molecule has 0 bridgehead atoms. The van der Waals surface area contributed by atoms with Crippen molar-refractivity contribution in [3.8, 4) is 0 Å². The van der Waals surface area contributed by atoms with Gasteiger partial charge in [0.25, 0.3) is 5.69 Å². The minimum Gasteiger partial charge on any atom is -0.354 e. The first-order valence-corrected chi connectivity index (χ1v) is 11.1. The molecule has 0 aliphatic rings. The van der Waals surface area contributed by atoms with E-state index in [1.807, 2.05) is 30.3 Å². The summed E-state index contributed by atoms with van der Waals surface area (Å²) in [4.78, 5) is 23.2. The molecule has 0 radical (unpaired) electrons. The second-order valence-corrected chi connectivity index (χ2v) is 8.50. The zero-order chi connectivity index (χ0) is 21.4. The number of anilines is 1. The topological polar surface area (TPSA) is 110 Å². The number of aryl methyl sites for hydroxylation is 1. The van der Waals surface area contributed by atoms with Crippen molar-refractivity contribution in [2.45, 2.75) is 32.2 Å². The quantitative estimate of drug-likeness (QED) is 0.362. The van der Waals surface area contributed by atoms with E-state index in [9.17, 15) is 23.3 Å². The molecule has 1 atom stereocenters. The fourth-order valence-electron chi connectivity index (χ4n) is 3.07. The molecule has 2 rings (SSSR count). The van der Waals surface area contributed by atoms with Crippen molar-refractivity contribution in [3.05, 3.63) is 70.3 Å². The van der Waals surface area contributed by atoms with Gasteiger partial charge in [0.2, 0.25) is 15.9 Å². The second-order valence-electron chi connectivity index (χ2n) is 6.64. The Labute approximate surface area is 170 Å². The molecule has 0 aromatic heterocycles. The van der Waals surface area contributed by atoms with Gasteiger partial charge in [-0.15, -0.1) is 0 Å². The number of hydrogen-bond donors (Lipinski definition) is 1. The predicted molar refractivity (Wildman–Crippen MR) is 112 cm³/mol. The molecule has 0 spiro atoms. The number of carbonyl (C=O) groups excluding carboxylic acids is 1. The smallest absolute Gasteiger partial charge is 0.271 e. The summed E-state index contributed by atoms with van der Waals surface area (Å²) in [6.07, 6.45) is 2.71. The molecule has 0 aliphatic heterocycles. The lowest BCUT2D eigenvalue weighted by Crippen LogP contribution is -2.49. The third kappa shape index (κ3) is 6.28. The summed E-state index contributed by atoms with van der Waals surface area (Å²) >= 11 is 0. The average Bonchev–Trinajstić information content (AvgIpc) is 2.69. The summed E-state index contributed by atoms with van der Waals surface area (Å²) < 4.78 is 25.8. The monoisotopic (exact) mass is 419 g/mol. The summed E-state index contributed by atoms with van der Waals surface area (Å²) in [5.74, 6) is -0.433. The number of carbonyl (C=O) groups is 1. The van der Waals surface area contributed by atoms with Crippen LogP contribution in [0.1, 0.15) is 25.3 Å². The summed E-state index contributed by atoms with van der Waals surface area (Å²) in [6.45, 7) is 2.10. The highest BCUT2D eigenvalue weighted by Gasteiger charge is 2.32. The van der Waals surface area contributed by atoms with Crippen LogP contribution in [0.4, 0.5) is 11.4 Å². The van der Waals surface area contributed by atoms with Crippen LogP contribution in [0.3, 0.4) is 0 Å². The van der Waals surface area contributed by atoms with E-state index < -0.39 is 26.9 Å². The number of nitro benzene ring substituents is 1. The number of benzene rings is 2. The van der Waals surface area contributed by atoms with E-state index in [0.29, 0.717) is 13.0 Å². The van der Waals surface area contributed by atoms with Crippen molar-refractivity contribution in [3.63, 3.8) is 0 Å². The van der Waals surface area contributed by atoms with Gasteiger partial charge in [-0.05, 0) is 30.9 Å². The van der Waals surface area contributed by atoms with Gasteiger partial charge >= 0.3 is 0 Å². The second kappa shape index (κ2) is 10.0. The van der Waals surface area contributed by atoms with Crippen molar-refractivity contribution in [2.75, 3.05) is 17.1 Å². The molecule has 0 fully saturated rings. The summed E-state index contributed by atoms with van der Waals surface area (Å²) in [5.41, 5.74) is 1.01. The number of amides is 1. The van der Waals surface area contributed by atoms with Crippen molar-refractivity contribution in [1.29, 1.82) is 0 Å². The number of hydrogen-bond acceptors (Lipinski definition) is 5. The number of rotatable bonds is 10. The van der Waals surface area contributed by atoms with Crippen molar-refractivity contribution < 1.29 is 18.1 Å². The Balaban J connectivity index is 2.13. The lowest BCUT2D eigenvalue weighted by Gasteiger charge is -2.30. The predicted octanol–water partition coefficient (Wildman–Crippen LogP) is 2.89. The highest BCUT2D eigenvalue weighted by atomic mass is 32.2. The van der Waals surface area contributed by atoms with Crippen LogP contribution in [0, 0.1) is 10.1 Å². The summed E-state index contributed by atoms with van der Waals surface area (Å²) in [7, 11) is -3.84. The van der Waals surface area contributed by atoms with Gasteiger partial charge in [-0.2, -0.15) is 0 Å². The Morgan fingerprint density at radius 1 is 1.17 bits per heavy atom. The van der Waals surface area contributed by atoms with Crippen LogP contribution in [0.5, 0.6) is 0 Å². The Morgan fingerprint density at radius 2 is 1.86 bits per heavy atom. The van der Waals surface area contributed by atoms with Crippen LogP contribution >= 0.6 is 0 Å². The molecule has 1 unspecified atom stereocenters. The third-order valence-electron chi connectivity index (χ3n) is 4.41. The zero-order valence-corrected chi connectivity index (χ0v) is 17.3. The minimum atomic E-state index is -3.84. The Bertz CT molecular complexity index is 948. The van der Waals surface area contributed by atoms with E-state index in [1.54, 1.807) is 6.92 Å². The molecular weight excluding hydrogens is 394 g/mol. The van der Waals surface area contributed by atoms with Gasteiger partial charge < -0.3 is 5.32 Å². The summed E-state index contributed by atoms with van der Waals surface area (Å²) in [5, 5.41) is 13.8. The van der Waals surface area contributed by atoms with Crippen LogP contribution in [0.25, 0.3) is 0 Å². The molecule has 2 aromatic carbocycles. The molecule has 8 nitrogen and oxygen atoms in total. The lowest BCUT2D eigenvalue weighted by atomic mass is 10.1. The molecule has 1 amide bonds. The Morgan fingerprint density at radius 3 is 2.45 bits per heavy atom. The molecule has 156 valence electrons. The number of non-ortho nitro benzene ring substituents is 1. The minimum absolute atomic E-state index is 0.0907. The molecule has 0 saturated carbocycles. The largest absolute Gasteiger partial charge is 0.354 e.